The summed E-state index contributed by atoms with van der Waals surface area (Å²) in [5.41, 5.74) is 8.46. The van der Waals surface area contributed by atoms with Crippen molar-refractivity contribution in [1.29, 1.82) is 0 Å². The van der Waals surface area contributed by atoms with E-state index in [1.807, 2.05) is 11.7 Å². The highest BCUT2D eigenvalue weighted by Gasteiger charge is 2.08. The van der Waals surface area contributed by atoms with Gasteiger partial charge in [-0.25, -0.2) is 9.97 Å². The number of benzene rings is 1. The maximum absolute atomic E-state index is 4.50. The fourth-order valence-corrected chi connectivity index (χ4v) is 3.05. The molecular formula is C17H13N3S. The third-order valence-electron chi connectivity index (χ3n) is 3.56. The van der Waals surface area contributed by atoms with Gasteiger partial charge in [-0.05, 0) is 30.7 Å². The summed E-state index contributed by atoms with van der Waals surface area (Å²) in [4.78, 5) is 8.88. The SMILES string of the molecule is Cc1ccn2c(-c3cccc(-c4cscn4)c3)cnc2c1. The number of thiazole rings is 1. The molecule has 1 aromatic carbocycles. The molecular weight excluding hydrogens is 278 g/mol. The Bertz CT molecular complexity index is 907. The lowest BCUT2D eigenvalue weighted by atomic mass is 10.1. The number of imidazole rings is 1. The van der Waals surface area contributed by atoms with E-state index in [1.54, 1.807) is 11.3 Å². The first-order valence-electron chi connectivity index (χ1n) is 6.74. The number of pyridine rings is 1. The zero-order valence-electron chi connectivity index (χ0n) is 11.5. The average molecular weight is 291 g/mol. The number of nitrogens with zero attached hydrogens (tertiary/aromatic N) is 3. The van der Waals surface area contributed by atoms with Gasteiger partial charge in [0.1, 0.15) is 5.65 Å². The van der Waals surface area contributed by atoms with Crippen molar-refractivity contribution >= 4 is 17.0 Å². The molecule has 4 heteroatoms. The number of fused-ring (bicyclic) bond motifs is 1. The minimum absolute atomic E-state index is 0.976. The number of aryl methyl sites for hydroxylation is 1. The molecule has 0 saturated heterocycles. The second kappa shape index (κ2) is 4.82. The highest BCUT2D eigenvalue weighted by Crippen LogP contribution is 2.26. The highest BCUT2D eigenvalue weighted by molar-refractivity contribution is 7.07. The third kappa shape index (κ3) is 2.14. The number of aromatic nitrogens is 3. The van der Waals surface area contributed by atoms with Gasteiger partial charge in [-0.1, -0.05) is 18.2 Å². The Hall–Kier alpha value is -2.46. The van der Waals surface area contributed by atoms with E-state index in [9.17, 15) is 0 Å². The largest absolute Gasteiger partial charge is 0.300 e. The lowest BCUT2D eigenvalue weighted by molar-refractivity contribution is 1.17. The van der Waals surface area contributed by atoms with E-state index >= 15 is 0 Å². The number of hydrogen-bond donors (Lipinski definition) is 0. The second-order valence-electron chi connectivity index (χ2n) is 5.03. The summed E-state index contributed by atoms with van der Waals surface area (Å²) in [5.74, 6) is 0. The zero-order chi connectivity index (χ0) is 14.2. The van der Waals surface area contributed by atoms with Crippen LogP contribution in [0.3, 0.4) is 0 Å². The fraction of sp³-hybridized carbons (Fsp3) is 0.0588. The van der Waals surface area contributed by atoms with E-state index in [2.05, 4.69) is 69.3 Å². The van der Waals surface area contributed by atoms with Gasteiger partial charge in [-0.2, -0.15) is 0 Å². The molecule has 4 aromatic rings. The standard InChI is InChI=1S/C17H13N3S/c1-12-5-6-20-16(9-18-17(20)7-12)14-4-2-3-13(8-14)15-10-21-11-19-15/h2-11H,1H3. The molecule has 0 radical (unpaired) electrons. The maximum atomic E-state index is 4.50. The van der Waals surface area contributed by atoms with E-state index in [0.29, 0.717) is 0 Å². The quantitative estimate of drug-likeness (QED) is 0.547. The van der Waals surface area contributed by atoms with Crippen molar-refractivity contribution in [3.63, 3.8) is 0 Å². The zero-order valence-corrected chi connectivity index (χ0v) is 12.3. The molecule has 21 heavy (non-hydrogen) atoms. The van der Waals surface area contributed by atoms with Crippen LogP contribution in [-0.4, -0.2) is 14.4 Å². The summed E-state index contributed by atoms with van der Waals surface area (Å²) in [7, 11) is 0. The van der Waals surface area contributed by atoms with Crippen LogP contribution in [0.2, 0.25) is 0 Å². The molecule has 0 N–H and O–H groups in total. The lowest BCUT2D eigenvalue weighted by Gasteiger charge is -2.04. The summed E-state index contributed by atoms with van der Waals surface area (Å²) >= 11 is 1.61. The predicted molar refractivity (Wildman–Crippen MR) is 86.5 cm³/mol. The van der Waals surface area contributed by atoms with Gasteiger partial charge >= 0.3 is 0 Å². The van der Waals surface area contributed by atoms with Gasteiger partial charge in [0, 0.05) is 22.7 Å². The Kier molecular flexibility index (Phi) is 2.82. The third-order valence-corrected chi connectivity index (χ3v) is 4.14. The van der Waals surface area contributed by atoms with Gasteiger partial charge in [0.05, 0.1) is 23.1 Å². The first kappa shape index (κ1) is 12.3. The highest BCUT2D eigenvalue weighted by atomic mass is 32.1. The molecule has 102 valence electrons. The van der Waals surface area contributed by atoms with E-state index in [4.69, 9.17) is 0 Å². The normalized spacial score (nSPS) is 11.1. The van der Waals surface area contributed by atoms with Crippen LogP contribution in [0.4, 0.5) is 0 Å². The second-order valence-corrected chi connectivity index (χ2v) is 5.75. The molecule has 0 fully saturated rings. The van der Waals surface area contributed by atoms with Crippen LogP contribution >= 0.6 is 11.3 Å². The van der Waals surface area contributed by atoms with Crippen LogP contribution in [0.5, 0.6) is 0 Å². The van der Waals surface area contributed by atoms with Crippen molar-refractivity contribution < 1.29 is 0 Å². The van der Waals surface area contributed by atoms with Gasteiger partial charge in [0.15, 0.2) is 0 Å². The number of hydrogen-bond acceptors (Lipinski definition) is 3. The van der Waals surface area contributed by atoms with Crippen molar-refractivity contribution in [1.82, 2.24) is 14.4 Å². The molecule has 0 atom stereocenters. The van der Waals surface area contributed by atoms with Crippen LogP contribution in [0.1, 0.15) is 5.56 Å². The molecule has 0 spiro atoms. The van der Waals surface area contributed by atoms with Crippen molar-refractivity contribution in [2.75, 3.05) is 0 Å². The van der Waals surface area contributed by atoms with Crippen LogP contribution < -0.4 is 0 Å². The van der Waals surface area contributed by atoms with E-state index in [1.165, 1.54) is 5.56 Å². The summed E-state index contributed by atoms with van der Waals surface area (Å²) in [6.07, 6.45) is 4.00. The Labute approximate surface area is 126 Å². The molecule has 3 nitrogen and oxygen atoms in total. The van der Waals surface area contributed by atoms with Gasteiger partial charge in [-0.3, -0.25) is 4.40 Å². The molecule has 0 bridgehead atoms. The van der Waals surface area contributed by atoms with E-state index in [-0.39, 0.29) is 0 Å². The van der Waals surface area contributed by atoms with Crippen molar-refractivity contribution in [2.24, 2.45) is 0 Å². The summed E-state index contributed by atoms with van der Waals surface area (Å²) in [6, 6.07) is 12.6. The molecule has 3 heterocycles. The predicted octanol–water partition coefficient (Wildman–Crippen LogP) is 4.43. The van der Waals surface area contributed by atoms with Crippen LogP contribution in [0.15, 0.2) is 59.7 Å². The molecule has 0 aliphatic rings. The van der Waals surface area contributed by atoms with Gasteiger partial charge in [-0.15, -0.1) is 11.3 Å². The smallest absolute Gasteiger partial charge is 0.137 e. The summed E-state index contributed by atoms with van der Waals surface area (Å²) in [6.45, 7) is 2.08. The molecule has 4 rings (SSSR count). The first-order valence-corrected chi connectivity index (χ1v) is 7.68. The number of rotatable bonds is 2. The van der Waals surface area contributed by atoms with Crippen molar-refractivity contribution in [3.05, 3.63) is 65.2 Å². The maximum Gasteiger partial charge on any atom is 0.137 e. The topological polar surface area (TPSA) is 30.2 Å². The Morgan fingerprint density at radius 2 is 1.95 bits per heavy atom. The summed E-state index contributed by atoms with van der Waals surface area (Å²) < 4.78 is 2.12. The Balaban J connectivity index is 1.87. The Morgan fingerprint density at radius 1 is 1.05 bits per heavy atom. The van der Waals surface area contributed by atoms with E-state index in [0.717, 1.165) is 28.2 Å². The monoisotopic (exact) mass is 291 g/mol. The molecule has 0 unspecified atom stereocenters. The average Bonchev–Trinajstić information content (AvgIpc) is 3.16. The van der Waals surface area contributed by atoms with Crippen molar-refractivity contribution in [2.45, 2.75) is 6.92 Å². The van der Waals surface area contributed by atoms with Crippen LogP contribution in [0, 0.1) is 6.92 Å². The van der Waals surface area contributed by atoms with Gasteiger partial charge in [0.2, 0.25) is 0 Å². The van der Waals surface area contributed by atoms with Gasteiger partial charge < -0.3 is 0 Å². The van der Waals surface area contributed by atoms with Crippen LogP contribution in [0.25, 0.3) is 28.2 Å². The molecule has 0 amide bonds. The van der Waals surface area contributed by atoms with Gasteiger partial charge in [0.25, 0.3) is 0 Å². The van der Waals surface area contributed by atoms with Crippen LogP contribution in [-0.2, 0) is 0 Å². The lowest BCUT2D eigenvalue weighted by Crippen LogP contribution is -1.89. The molecule has 0 aliphatic heterocycles. The first-order chi connectivity index (χ1) is 10.3. The Morgan fingerprint density at radius 3 is 2.81 bits per heavy atom. The summed E-state index contributed by atoms with van der Waals surface area (Å²) in [5, 5.41) is 2.07. The van der Waals surface area contributed by atoms with E-state index < -0.39 is 0 Å². The molecule has 0 aliphatic carbocycles. The molecule has 0 saturated carbocycles. The fourth-order valence-electron chi connectivity index (χ4n) is 2.49. The minimum Gasteiger partial charge on any atom is -0.300 e. The molecule has 3 aromatic heterocycles. The minimum atomic E-state index is 0.976. The van der Waals surface area contributed by atoms with Crippen molar-refractivity contribution in [3.8, 4) is 22.5 Å².